The first-order valence-corrected chi connectivity index (χ1v) is 5.05. The standard InChI is InChI=1S/C14H14N/c1-3-8-15-9-7-14(11-15)13-6-4-5-12(2)10-13/h3-5,7,9-11H,1,8H2,2H3. The summed E-state index contributed by atoms with van der Waals surface area (Å²) < 4.78 is 2.11. The van der Waals surface area contributed by atoms with Crippen molar-refractivity contribution in [3.8, 4) is 11.1 Å². The zero-order valence-electron chi connectivity index (χ0n) is 8.90. The van der Waals surface area contributed by atoms with Gasteiger partial charge in [-0.05, 0) is 30.2 Å². The van der Waals surface area contributed by atoms with E-state index in [0.29, 0.717) is 0 Å². The van der Waals surface area contributed by atoms with E-state index < -0.39 is 0 Å². The van der Waals surface area contributed by atoms with Gasteiger partial charge in [-0.15, -0.1) is 6.58 Å². The largest absolute Gasteiger partial charge is 0.350 e. The fourth-order valence-electron chi connectivity index (χ4n) is 1.61. The molecule has 0 aliphatic rings. The summed E-state index contributed by atoms with van der Waals surface area (Å²) in [6.45, 7) is 6.67. The van der Waals surface area contributed by atoms with Crippen molar-refractivity contribution >= 4 is 0 Å². The normalized spacial score (nSPS) is 10.2. The second-order valence-corrected chi connectivity index (χ2v) is 3.67. The predicted molar refractivity (Wildman–Crippen MR) is 63.6 cm³/mol. The summed E-state index contributed by atoms with van der Waals surface area (Å²) >= 11 is 0. The third-order valence-electron chi connectivity index (χ3n) is 2.36. The van der Waals surface area contributed by atoms with Gasteiger partial charge in [0.15, 0.2) is 0 Å². The second kappa shape index (κ2) is 4.18. The van der Waals surface area contributed by atoms with E-state index in [1.54, 1.807) is 0 Å². The van der Waals surface area contributed by atoms with Crippen molar-refractivity contribution in [3.05, 3.63) is 60.9 Å². The highest BCUT2D eigenvalue weighted by atomic mass is 14.9. The number of allylic oxidation sites excluding steroid dienone is 1. The molecule has 0 atom stereocenters. The maximum atomic E-state index is 3.72. The van der Waals surface area contributed by atoms with Crippen LogP contribution in [0.25, 0.3) is 11.1 Å². The topological polar surface area (TPSA) is 4.93 Å². The molecule has 0 bridgehead atoms. The third-order valence-corrected chi connectivity index (χ3v) is 2.36. The molecule has 0 unspecified atom stereocenters. The summed E-state index contributed by atoms with van der Waals surface area (Å²) in [5, 5.41) is 0. The molecular weight excluding hydrogens is 182 g/mol. The Morgan fingerprint density at radius 1 is 1.47 bits per heavy atom. The first-order valence-electron chi connectivity index (χ1n) is 5.05. The van der Waals surface area contributed by atoms with Gasteiger partial charge in [0.05, 0.1) is 0 Å². The minimum absolute atomic E-state index is 0.853. The number of hydrogen-bond donors (Lipinski definition) is 0. The summed E-state index contributed by atoms with van der Waals surface area (Å²) in [5.74, 6) is 0. The molecule has 0 fully saturated rings. The van der Waals surface area contributed by atoms with E-state index in [-0.39, 0.29) is 0 Å². The Morgan fingerprint density at radius 2 is 2.33 bits per heavy atom. The van der Waals surface area contributed by atoms with Crippen molar-refractivity contribution in [3.63, 3.8) is 0 Å². The fraction of sp³-hybridized carbons (Fsp3) is 0.143. The zero-order valence-corrected chi connectivity index (χ0v) is 8.90. The molecule has 1 aromatic heterocycles. The van der Waals surface area contributed by atoms with Crippen LogP contribution in [0.3, 0.4) is 0 Å². The SMILES string of the molecule is C=CCn1ccc(-c2[c]ccc(C)c2)c1. The van der Waals surface area contributed by atoms with Gasteiger partial charge in [0.25, 0.3) is 0 Å². The zero-order chi connectivity index (χ0) is 10.7. The van der Waals surface area contributed by atoms with Gasteiger partial charge in [0, 0.05) is 18.9 Å². The molecule has 0 saturated heterocycles. The molecule has 15 heavy (non-hydrogen) atoms. The van der Waals surface area contributed by atoms with E-state index in [4.69, 9.17) is 0 Å². The van der Waals surface area contributed by atoms with Crippen LogP contribution < -0.4 is 0 Å². The second-order valence-electron chi connectivity index (χ2n) is 3.67. The minimum atomic E-state index is 0.853. The molecule has 1 heteroatoms. The lowest BCUT2D eigenvalue weighted by Gasteiger charge is -1.99. The van der Waals surface area contributed by atoms with Crippen LogP contribution in [0, 0.1) is 13.0 Å². The lowest BCUT2D eigenvalue weighted by atomic mass is 10.1. The van der Waals surface area contributed by atoms with E-state index in [2.05, 4.69) is 54.7 Å². The molecule has 1 nitrogen and oxygen atoms in total. The van der Waals surface area contributed by atoms with E-state index >= 15 is 0 Å². The Morgan fingerprint density at radius 3 is 3.07 bits per heavy atom. The smallest absolute Gasteiger partial charge is 0.0398 e. The number of nitrogens with zero attached hydrogens (tertiary/aromatic N) is 1. The molecule has 0 spiro atoms. The van der Waals surface area contributed by atoms with Crippen LogP contribution in [-0.2, 0) is 6.54 Å². The van der Waals surface area contributed by atoms with Crippen LogP contribution >= 0.6 is 0 Å². The van der Waals surface area contributed by atoms with Gasteiger partial charge in [-0.1, -0.05) is 29.8 Å². The summed E-state index contributed by atoms with van der Waals surface area (Å²) in [7, 11) is 0. The van der Waals surface area contributed by atoms with E-state index in [1.165, 1.54) is 11.1 Å². The summed E-state index contributed by atoms with van der Waals surface area (Å²) in [6, 6.07) is 11.5. The summed E-state index contributed by atoms with van der Waals surface area (Å²) in [6.07, 6.45) is 6.07. The van der Waals surface area contributed by atoms with Gasteiger partial charge in [-0.3, -0.25) is 0 Å². The quantitative estimate of drug-likeness (QED) is 0.663. The fourth-order valence-corrected chi connectivity index (χ4v) is 1.61. The van der Waals surface area contributed by atoms with E-state index in [1.807, 2.05) is 12.1 Å². The van der Waals surface area contributed by atoms with Gasteiger partial charge < -0.3 is 4.57 Å². The summed E-state index contributed by atoms with van der Waals surface area (Å²) in [4.78, 5) is 0. The number of aromatic nitrogens is 1. The van der Waals surface area contributed by atoms with Crippen LogP contribution in [-0.4, -0.2) is 4.57 Å². The Bertz CT molecular complexity index is 466. The Kier molecular flexibility index (Phi) is 2.72. The molecule has 1 heterocycles. The lowest BCUT2D eigenvalue weighted by molar-refractivity contribution is 0.832. The molecule has 0 amide bonds. The van der Waals surface area contributed by atoms with Crippen molar-refractivity contribution in [2.24, 2.45) is 0 Å². The van der Waals surface area contributed by atoms with Crippen molar-refractivity contribution in [1.82, 2.24) is 4.57 Å². The highest BCUT2D eigenvalue weighted by Crippen LogP contribution is 2.19. The Labute approximate surface area is 90.7 Å². The van der Waals surface area contributed by atoms with E-state index in [0.717, 1.165) is 12.1 Å². The average molecular weight is 196 g/mol. The predicted octanol–water partition coefficient (Wildman–Crippen LogP) is 3.45. The molecule has 2 rings (SSSR count). The van der Waals surface area contributed by atoms with Crippen LogP contribution in [0.15, 0.2) is 49.3 Å². The molecule has 0 saturated carbocycles. The van der Waals surface area contributed by atoms with Gasteiger partial charge >= 0.3 is 0 Å². The van der Waals surface area contributed by atoms with Gasteiger partial charge in [0.2, 0.25) is 0 Å². The molecule has 0 aliphatic heterocycles. The maximum Gasteiger partial charge on any atom is 0.0398 e. The van der Waals surface area contributed by atoms with Gasteiger partial charge in [0.1, 0.15) is 0 Å². The summed E-state index contributed by atoms with van der Waals surface area (Å²) in [5.41, 5.74) is 3.62. The molecule has 0 N–H and O–H groups in total. The highest BCUT2D eigenvalue weighted by Gasteiger charge is 1.99. The number of benzene rings is 1. The minimum Gasteiger partial charge on any atom is -0.350 e. The monoisotopic (exact) mass is 196 g/mol. The first kappa shape index (κ1) is 9.78. The van der Waals surface area contributed by atoms with Crippen LogP contribution in [0.5, 0.6) is 0 Å². The van der Waals surface area contributed by atoms with Crippen molar-refractivity contribution in [2.45, 2.75) is 13.5 Å². The van der Waals surface area contributed by atoms with Crippen molar-refractivity contribution in [1.29, 1.82) is 0 Å². The number of hydrogen-bond acceptors (Lipinski definition) is 0. The molecular formula is C14H14N. The molecule has 1 aromatic carbocycles. The third kappa shape index (κ3) is 2.18. The molecule has 2 aromatic rings. The van der Waals surface area contributed by atoms with Crippen LogP contribution in [0.1, 0.15) is 5.56 Å². The van der Waals surface area contributed by atoms with Crippen molar-refractivity contribution < 1.29 is 0 Å². The maximum absolute atomic E-state index is 3.72. The Hall–Kier alpha value is -1.76. The highest BCUT2D eigenvalue weighted by molar-refractivity contribution is 5.62. The molecule has 75 valence electrons. The number of aryl methyl sites for hydroxylation is 1. The number of rotatable bonds is 3. The van der Waals surface area contributed by atoms with Crippen LogP contribution in [0.4, 0.5) is 0 Å². The molecule has 0 aliphatic carbocycles. The van der Waals surface area contributed by atoms with Gasteiger partial charge in [-0.2, -0.15) is 0 Å². The van der Waals surface area contributed by atoms with Gasteiger partial charge in [-0.25, -0.2) is 0 Å². The molecule has 1 radical (unpaired) electrons. The van der Waals surface area contributed by atoms with Crippen molar-refractivity contribution in [2.75, 3.05) is 0 Å². The Balaban J connectivity index is 2.32. The first-order chi connectivity index (χ1) is 7.29. The lowest BCUT2D eigenvalue weighted by Crippen LogP contribution is -1.88. The van der Waals surface area contributed by atoms with E-state index in [9.17, 15) is 0 Å². The average Bonchev–Trinajstić information content (AvgIpc) is 2.67. The van der Waals surface area contributed by atoms with Crippen LogP contribution in [0.2, 0.25) is 0 Å².